The Morgan fingerprint density at radius 2 is 2.44 bits per heavy atom. The molecule has 1 aliphatic rings. The molecular formula is C13H26N2O. The van der Waals surface area contributed by atoms with Gasteiger partial charge in [-0.25, -0.2) is 0 Å². The van der Waals surface area contributed by atoms with E-state index < -0.39 is 0 Å². The summed E-state index contributed by atoms with van der Waals surface area (Å²) in [6.07, 6.45) is 3.89. The van der Waals surface area contributed by atoms with Gasteiger partial charge in [0.15, 0.2) is 0 Å². The third-order valence-electron chi connectivity index (χ3n) is 2.89. The fourth-order valence-electron chi connectivity index (χ4n) is 2.09. The summed E-state index contributed by atoms with van der Waals surface area (Å²) in [5.74, 6) is 0. The Morgan fingerprint density at radius 1 is 1.62 bits per heavy atom. The monoisotopic (exact) mass is 226 g/mol. The van der Waals surface area contributed by atoms with E-state index in [4.69, 9.17) is 4.74 Å². The van der Waals surface area contributed by atoms with Crippen molar-refractivity contribution in [3.05, 3.63) is 12.2 Å². The molecule has 0 spiro atoms. The second-order valence-electron chi connectivity index (χ2n) is 4.89. The first-order valence-corrected chi connectivity index (χ1v) is 6.37. The van der Waals surface area contributed by atoms with Gasteiger partial charge in [-0.3, -0.25) is 0 Å². The summed E-state index contributed by atoms with van der Waals surface area (Å²) in [5.41, 5.74) is 1.09. The lowest BCUT2D eigenvalue weighted by molar-refractivity contribution is 0.155. The second kappa shape index (κ2) is 7.82. The molecule has 0 aromatic heterocycles. The molecule has 2 unspecified atom stereocenters. The third-order valence-corrected chi connectivity index (χ3v) is 2.89. The molecular weight excluding hydrogens is 200 g/mol. The van der Waals surface area contributed by atoms with Crippen LogP contribution in [0.5, 0.6) is 0 Å². The number of nitrogens with one attached hydrogen (secondary N) is 2. The summed E-state index contributed by atoms with van der Waals surface area (Å²) < 4.78 is 5.44. The van der Waals surface area contributed by atoms with Crippen LogP contribution in [0.1, 0.15) is 33.1 Å². The van der Waals surface area contributed by atoms with Crippen LogP contribution in [0.25, 0.3) is 0 Å². The summed E-state index contributed by atoms with van der Waals surface area (Å²) in [5, 5.41) is 7.01. The van der Waals surface area contributed by atoms with Crippen molar-refractivity contribution in [2.75, 3.05) is 26.3 Å². The lowest BCUT2D eigenvalue weighted by Crippen LogP contribution is -2.35. The SMILES string of the molecule is C=C(C)COCCNC(C)CC1CCCN1. The molecule has 1 rings (SSSR count). The highest BCUT2D eigenvalue weighted by Crippen LogP contribution is 2.10. The molecule has 1 heterocycles. The topological polar surface area (TPSA) is 33.3 Å². The van der Waals surface area contributed by atoms with Crippen molar-refractivity contribution in [1.82, 2.24) is 10.6 Å². The highest BCUT2D eigenvalue weighted by molar-refractivity contribution is 4.87. The van der Waals surface area contributed by atoms with Gasteiger partial charge >= 0.3 is 0 Å². The standard InChI is InChI=1S/C13H26N2O/c1-11(2)10-16-8-7-14-12(3)9-13-5-4-6-15-13/h12-15H,1,4-10H2,2-3H3. The van der Waals surface area contributed by atoms with Gasteiger partial charge in [0.1, 0.15) is 0 Å². The Morgan fingerprint density at radius 3 is 3.06 bits per heavy atom. The zero-order chi connectivity index (χ0) is 11.8. The van der Waals surface area contributed by atoms with E-state index in [9.17, 15) is 0 Å². The lowest BCUT2D eigenvalue weighted by atomic mass is 10.1. The van der Waals surface area contributed by atoms with E-state index in [2.05, 4.69) is 24.1 Å². The van der Waals surface area contributed by atoms with Gasteiger partial charge in [-0.1, -0.05) is 12.2 Å². The zero-order valence-electron chi connectivity index (χ0n) is 10.7. The van der Waals surface area contributed by atoms with E-state index in [1.165, 1.54) is 25.8 Å². The van der Waals surface area contributed by atoms with Gasteiger partial charge in [0.05, 0.1) is 13.2 Å². The molecule has 0 radical (unpaired) electrons. The fraction of sp³-hybridized carbons (Fsp3) is 0.846. The van der Waals surface area contributed by atoms with Gasteiger partial charge in [0.25, 0.3) is 0 Å². The van der Waals surface area contributed by atoms with Crippen molar-refractivity contribution in [1.29, 1.82) is 0 Å². The molecule has 0 bridgehead atoms. The summed E-state index contributed by atoms with van der Waals surface area (Å²) in [6.45, 7) is 11.6. The van der Waals surface area contributed by atoms with Crippen molar-refractivity contribution in [3.63, 3.8) is 0 Å². The predicted octanol–water partition coefficient (Wildman–Crippen LogP) is 1.70. The molecule has 16 heavy (non-hydrogen) atoms. The van der Waals surface area contributed by atoms with E-state index >= 15 is 0 Å². The van der Waals surface area contributed by atoms with Gasteiger partial charge in [-0.2, -0.15) is 0 Å². The summed E-state index contributed by atoms with van der Waals surface area (Å²) >= 11 is 0. The Hall–Kier alpha value is -0.380. The third kappa shape index (κ3) is 6.26. The Labute approximate surface area is 99.6 Å². The highest BCUT2D eigenvalue weighted by Gasteiger charge is 2.16. The minimum atomic E-state index is 0.573. The summed E-state index contributed by atoms with van der Waals surface area (Å²) in [6, 6.07) is 1.29. The first kappa shape index (κ1) is 13.7. The van der Waals surface area contributed by atoms with Gasteiger partial charge in [-0.15, -0.1) is 0 Å². The minimum absolute atomic E-state index is 0.573. The minimum Gasteiger partial charge on any atom is -0.376 e. The van der Waals surface area contributed by atoms with Crippen LogP contribution in [0.3, 0.4) is 0 Å². The number of hydrogen-bond donors (Lipinski definition) is 2. The summed E-state index contributed by atoms with van der Waals surface area (Å²) in [7, 11) is 0. The van der Waals surface area contributed by atoms with Crippen molar-refractivity contribution < 1.29 is 4.74 Å². The van der Waals surface area contributed by atoms with E-state index in [0.717, 1.165) is 24.8 Å². The van der Waals surface area contributed by atoms with E-state index in [-0.39, 0.29) is 0 Å². The van der Waals surface area contributed by atoms with Crippen molar-refractivity contribution in [2.24, 2.45) is 0 Å². The second-order valence-corrected chi connectivity index (χ2v) is 4.89. The van der Waals surface area contributed by atoms with Crippen LogP contribution in [-0.4, -0.2) is 38.4 Å². The molecule has 0 saturated carbocycles. The smallest absolute Gasteiger partial charge is 0.0672 e. The molecule has 1 fully saturated rings. The molecule has 0 aliphatic carbocycles. The van der Waals surface area contributed by atoms with Gasteiger partial charge in [-0.05, 0) is 39.7 Å². The fourth-order valence-corrected chi connectivity index (χ4v) is 2.09. The Kier molecular flexibility index (Phi) is 6.69. The number of ether oxygens (including phenoxy) is 1. The van der Waals surface area contributed by atoms with Crippen LogP contribution in [-0.2, 0) is 4.74 Å². The quantitative estimate of drug-likeness (QED) is 0.488. The maximum Gasteiger partial charge on any atom is 0.0672 e. The first-order valence-electron chi connectivity index (χ1n) is 6.37. The Balaban J connectivity index is 1.93. The van der Waals surface area contributed by atoms with Gasteiger partial charge in [0.2, 0.25) is 0 Å². The molecule has 2 N–H and O–H groups in total. The number of hydrogen-bond acceptors (Lipinski definition) is 3. The normalized spacial score (nSPS) is 22.2. The molecule has 3 nitrogen and oxygen atoms in total. The molecule has 1 aliphatic heterocycles. The molecule has 0 aromatic rings. The highest BCUT2D eigenvalue weighted by atomic mass is 16.5. The van der Waals surface area contributed by atoms with Crippen LogP contribution >= 0.6 is 0 Å². The maximum atomic E-state index is 5.44. The van der Waals surface area contributed by atoms with E-state index in [1.807, 2.05) is 6.92 Å². The molecule has 1 saturated heterocycles. The van der Waals surface area contributed by atoms with Gasteiger partial charge in [0, 0.05) is 18.6 Å². The molecule has 0 aromatic carbocycles. The molecule has 2 atom stereocenters. The number of rotatable bonds is 8. The first-order chi connectivity index (χ1) is 7.68. The molecule has 94 valence electrons. The van der Waals surface area contributed by atoms with Crippen molar-refractivity contribution >= 4 is 0 Å². The van der Waals surface area contributed by atoms with Crippen molar-refractivity contribution in [2.45, 2.75) is 45.2 Å². The maximum absolute atomic E-state index is 5.44. The molecule has 3 heteroatoms. The van der Waals surface area contributed by atoms with Crippen molar-refractivity contribution in [3.8, 4) is 0 Å². The van der Waals surface area contributed by atoms with Crippen LogP contribution < -0.4 is 10.6 Å². The molecule has 0 amide bonds. The largest absolute Gasteiger partial charge is 0.376 e. The average Bonchev–Trinajstić information content (AvgIpc) is 2.69. The van der Waals surface area contributed by atoms with Crippen LogP contribution in [0.15, 0.2) is 12.2 Å². The van der Waals surface area contributed by atoms with Crippen LogP contribution in [0.2, 0.25) is 0 Å². The van der Waals surface area contributed by atoms with Crippen LogP contribution in [0.4, 0.5) is 0 Å². The van der Waals surface area contributed by atoms with E-state index in [1.54, 1.807) is 0 Å². The predicted molar refractivity (Wildman–Crippen MR) is 68.7 cm³/mol. The zero-order valence-corrected chi connectivity index (χ0v) is 10.7. The van der Waals surface area contributed by atoms with E-state index in [0.29, 0.717) is 12.6 Å². The summed E-state index contributed by atoms with van der Waals surface area (Å²) in [4.78, 5) is 0. The van der Waals surface area contributed by atoms with Gasteiger partial charge < -0.3 is 15.4 Å². The average molecular weight is 226 g/mol. The van der Waals surface area contributed by atoms with Crippen LogP contribution in [0, 0.1) is 0 Å². The lowest BCUT2D eigenvalue weighted by Gasteiger charge is -2.18. The Bertz CT molecular complexity index is 200.